The smallest absolute Gasteiger partial charge is 0.169 e. The van der Waals surface area contributed by atoms with E-state index in [4.69, 9.17) is 15.2 Å². The highest BCUT2D eigenvalue weighted by molar-refractivity contribution is 5.44. The zero-order valence-corrected chi connectivity index (χ0v) is 12.1. The standard InChI is InChI=1S/C16H20N2O2/c1-4-13(17)14-7-6-12(10-18-14)20-15-8-5-11(2)9-16(15)19-3/h5-10,13H,4,17H2,1-3H3/t13-/m1/s1. The van der Waals surface area contributed by atoms with E-state index in [-0.39, 0.29) is 6.04 Å². The van der Waals surface area contributed by atoms with Gasteiger partial charge in [-0.1, -0.05) is 13.0 Å². The summed E-state index contributed by atoms with van der Waals surface area (Å²) in [7, 11) is 1.63. The third kappa shape index (κ3) is 3.27. The number of nitrogens with zero attached hydrogens (tertiary/aromatic N) is 1. The lowest BCUT2D eigenvalue weighted by Crippen LogP contribution is -2.10. The lowest BCUT2D eigenvalue weighted by molar-refractivity contribution is 0.378. The third-order valence-corrected chi connectivity index (χ3v) is 3.13. The number of nitrogens with two attached hydrogens (primary N) is 1. The van der Waals surface area contributed by atoms with Crippen LogP contribution in [0, 0.1) is 6.92 Å². The molecule has 4 nitrogen and oxygen atoms in total. The summed E-state index contributed by atoms with van der Waals surface area (Å²) in [6, 6.07) is 9.54. The number of benzene rings is 1. The number of pyridine rings is 1. The van der Waals surface area contributed by atoms with Gasteiger partial charge < -0.3 is 15.2 Å². The van der Waals surface area contributed by atoms with Gasteiger partial charge in [-0.3, -0.25) is 4.98 Å². The maximum absolute atomic E-state index is 5.94. The van der Waals surface area contributed by atoms with Crippen molar-refractivity contribution in [3.63, 3.8) is 0 Å². The second kappa shape index (κ2) is 6.39. The number of aromatic nitrogens is 1. The van der Waals surface area contributed by atoms with E-state index >= 15 is 0 Å². The molecular formula is C16H20N2O2. The van der Waals surface area contributed by atoms with Crippen LogP contribution in [-0.4, -0.2) is 12.1 Å². The van der Waals surface area contributed by atoms with Crippen LogP contribution in [0.15, 0.2) is 36.5 Å². The minimum absolute atomic E-state index is 0.0297. The van der Waals surface area contributed by atoms with E-state index in [9.17, 15) is 0 Å². The Bertz CT molecular complexity index is 567. The molecule has 0 fully saturated rings. The summed E-state index contributed by atoms with van der Waals surface area (Å²) >= 11 is 0. The average Bonchev–Trinajstić information content (AvgIpc) is 2.49. The highest BCUT2D eigenvalue weighted by Gasteiger charge is 2.08. The molecule has 0 aliphatic rings. The summed E-state index contributed by atoms with van der Waals surface area (Å²) < 4.78 is 11.1. The molecular weight excluding hydrogens is 252 g/mol. The highest BCUT2D eigenvalue weighted by atomic mass is 16.5. The molecule has 0 unspecified atom stereocenters. The number of aryl methyl sites for hydroxylation is 1. The largest absolute Gasteiger partial charge is 0.493 e. The molecule has 2 rings (SSSR count). The Morgan fingerprint density at radius 3 is 2.60 bits per heavy atom. The van der Waals surface area contributed by atoms with Crippen molar-refractivity contribution in [2.45, 2.75) is 26.3 Å². The van der Waals surface area contributed by atoms with Crippen LogP contribution < -0.4 is 15.2 Å². The molecule has 0 aliphatic carbocycles. The third-order valence-electron chi connectivity index (χ3n) is 3.13. The summed E-state index contributed by atoms with van der Waals surface area (Å²) in [6.45, 7) is 4.04. The molecule has 1 aromatic carbocycles. The fourth-order valence-electron chi connectivity index (χ4n) is 1.87. The molecule has 0 bridgehead atoms. The average molecular weight is 272 g/mol. The molecule has 2 aromatic rings. The molecule has 0 saturated carbocycles. The molecule has 0 amide bonds. The minimum atomic E-state index is -0.0297. The minimum Gasteiger partial charge on any atom is -0.493 e. The van der Waals surface area contributed by atoms with E-state index in [1.807, 2.05) is 44.2 Å². The van der Waals surface area contributed by atoms with Crippen molar-refractivity contribution in [1.82, 2.24) is 4.98 Å². The SMILES string of the molecule is CC[C@@H](N)c1ccc(Oc2ccc(C)cc2OC)cn1. The van der Waals surface area contributed by atoms with E-state index in [1.54, 1.807) is 13.3 Å². The van der Waals surface area contributed by atoms with Gasteiger partial charge in [-0.2, -0.15) is 0 Å². The van der Waals surface area contributed by atoms with Gasteiger partial charge >= 0.3 is 0 Å². The van der Waals surface area contributed by atoms with Crippen LogP contribution in [-0.2, 0) is 0 Å². The van der Waals surface area contributed by atoms with E-state index in [0.717, 1.165) is 17.7 Å². The maximum Gasteiger partial charge on any atom is 0.169 e. The Balaban J connectivity index is 2.18. The molecule has 1 atom stereocenters. The van der Waals surface area contributed by atoms with Gasteiger partial charge in [-0.05, 0) is 43.2 Å². The van der Waals surface area contributed by atoms with Crippen molar-refractivity contribution in [2.24, 2.45) is 5.73 Å². The monoisotopic (exact) mass is 272 g/mol. The molecule has 1 heterocycles. The topological polar surface area (TPSA) is 57.4 Å². The molecule has 106 valence electrons. The molecule has 20 heavy (non-hydrogen) atoms. The van der Waals surface area contributed by atoms with Crippen LogP contribution in [0.4, 0.5) is 0 Å². The second-order valence-electron chi connectivity index (χ2n) is 4.69. The first-order valence-corrected chi connectivity index (χ1v) is 6.68. The maximum atomic E-state index is 5.94. The number of ether oxygens (including phenoxy) is 2. The van der Waals surface area contributed by atoms with Gasteiger partial charge in [0.25, 0.3) is 0 Å². The van der Waals surface area contributed by atoms with Crippen LogP contribution in [0.3, 0.4) is 0 Å². The van der Waals surface area contributed by atoms with Crippen molar-refractivity contribution >= 4 is 0 Å². The Labute approximate surface area is 119 Å². The Kier molecular flexibility index (Phi) is 4.58. The van der Waals surface area contributed by atoms with Crippen molar-refractivity contribution < 1.29 is 9.47 Å². The zero-order chi connectivity index (χ0) is 14.5. The van der Waals surface area contributed by atoms with Gasteiger partial charge in [0.2, 0.25) is 0 Å². The van der Waals surface area contributed by atoms with E-state index in [2.05, 4.69) is 4.98 Å². The van der Waals surface area contributed by atoms with Crippen molar-refractivity contribution in [1.29, 1.82) is 0 Å². The van der Waals surface area contributed by atoms with E-state index < -0.39 is 0 Å². The number of hydrogen-bond donors (Lipinski definition) is 1. The van der Waals surface area contributed by atoms with Gasteiger partial charge in [0.05, 0.1) is 19.0 Å². The van der Waals surface area contributed by atoms with Crippen LogP contribution in [0.1, 0.15) is 30.6 Å². The summed E-state index contributed by atoms with van der Waals surface area (Å²) in [5, 5.41) is 0. The molecule has 0 radical (unpaired) electrons. The predicted octanol–water partition coefficient (Wildman–Crippen LogP) is 3.60. The fourth-order valence-corrected chi connectivity index (χ4v) is 1.87. The summed E-state index contributed by atoms with van der Waals surface area (Å²) in [5.74, 6) is 2.05. The second-order valence-corrected chi connectivity index (χ2v) is 4.69. The Morgan fingerprint density at radius 1 is 1.20 bits per heavy atom. The predicted molar refractivity (Wildman–Crippen MR) is 79.3 cm³/mol. The number of rotatable bonds is 5. The van der Waals surface area contributed by atoms with Crippen molar-refractivity contribution in [2.75, 3.05) is 7.11 Å². The number of hydrogen-bond acceptors (Lipinski definition) is 4. The van der Waals surface area contributed by atoms with Crippen LogP contribution in [0.5, 0.6) is 17.2 Å². The number of methoxy groups -OCH3 is 1. The molecule has 0 aliphatic heterocycles. The summed E-state index contributed by atoms with van der Waals surface area (Å²) in [5.41, 5.74) is 7.93. The van der Waals surface area contributed by atoms with Crippen LogP contribution >= 0.6 is 0 Å². The van der Waals surface area contributed by atoms with Gasteiger partial charge in [0, 0.05) is 6.04 Å². The normalized spacial score (nSPS) is 12.0. The van der Waals surface area contributed by atoms with Crippen LogP contribution in [0.25, 0.3) is 0 Å². The molecule has 1 aromatic heterocycles. The zero-order valence-electron chi connectivity index (χ0n) is 12.1. The quantitative estimate of drug-likeness (QED) is 0.903. The van der Waals surface area contributed by atoms with E-state index in [0.29, 0.717) is 17.2 Å². The van der Waals surface area contributed by atoms with E-state index in [1.165, 1.54) is 0 Å². The van der Waals surface area contributed by atoms with Gasteiger partial charge in [0.1, 0.15) is 5.75 Å². The van der Waals surface area contributed by atoms with Gasteiger partial charge in [0.15, 0.2) is 11.5 Å². The molecule has 4 heteroatoms. The molecule has 0 saturated heterocycles. The van der Waals surface area contributed by atoms with Crippen molar-refractivity contribution in [3.05, 3.63) is 47.8 Å². The van der Waals surface area contributed by atoms with Gasteiger partial charge in [-0.15, -0.1) is 0 Å². The lowest BCUT2D eigenvalue weighted by atomic mass is 10.1. The first kappa shape index (κ1) is 14.3. The first-order valence-electron chi connectivity index (χ1n) is 6.68. The molecule has 2 N–H and O–H groups in total. The lowest BCUT2D eigenvalue weighted by Gasteiger charge is -2.12. The molecule has 0 spiro atoms. The Hall–Kier alpha value is -2.07. The summed E-state index contributed by atoms with van der Waals surface area (Å²) in [4.78, 5) is 4.33. The van der Waals surface area contributed by atoms with Gasteiger partial charge in [-0.25, -0.2) is 0 Å². The Morgan fingerprint density at radius 2 is 2.00 bits per heavy atom. The highest BCUT2D eigenvalue weighted by Crippen LogP contribution is 2.32. The fraction of sp³-hybridized carbons (Fsp3) is 0.312. The van der Waals surface area contributed by atoms with Crippen molar-refractivity contribution in [3.8, 4) is 17.2 Å². The summed E-state index contributed by atoms with van der Waals surface area (Å²) in [6.07, 6.45) is 2.54. The first-order chi connectivity index (χ1) is 9.63. The van der Waals surface area contributed by atoms with Crippen LogP contribution in [0.2, 0.25) is 0 Å².